The van der Waals surface area contributed by atoms with Crippen molar-refractivity contribution >= 4 is 40.5 Å². The first-order valence-electron chi connectivity index (χ1n) is 7.89. The lowest BCUT2D eigenvalue weighted by molar-refractivity contribution is 0.306. The van der Waals surface area contributed by atoms with Gasteiger partial charge in [-0.15, -0.1) is 0 Å². The minimum absolute atomic E-state index is 0.111. The van der Waals surface area contributed by atoms with Gasteiger partial charge in [-0.1, -0.05) is 59.1 Å². The second-order valence-electron chi connectivity index (χ2n) is 5.70. The van der Waals surface area contributed by atoms with E-state index in [0.29, 0.717) is 18.2 Å². The molecule has 0 bridgehead atoms. The average molecular weight is 409 g/mol. The van der Waals surface area contributed by atoms with Crippen LogP contribution in [0.2, 0.25) is 15.1 Å². The normalized spacial score (nSPS) is 10.6. The predicted octanol–water partition coefficient (Wildman–Crippen LogP) is 6.54. The first kappa shape index (κ1) is 18.7. The van der Waals surface area contributed by atoms with Crippen LogP contribution in [0.25, 0.3) is 0 Å². The molecule has 0 saturated heterocycles. The number of ether oxygens (including phenoxy) is 1. The van der Waals surface area contributed by atoms with E-state index < -0.39 is 0 Å². The molecule has 0 fully saturated rings. The van der Waals surface area contributed by atoms with Crippen LogP contribution in [0.3, 0.4) is 0 Å². The first-order valence-corrected chi connectivity index (χ1v) is 9.03. The highest BCUT2D eigenvalue weighted by molar-refractivity contribution is 6.37. The Hall–Kier alpha value is -2.07. The topological polar surface area (TPSA) is 41.5 Å². The molecule has 0 atom stereocenters. The molecule has 0 radical (unpaired) electrons. The molecule has 0 amide bonds. The third-order valence-electron chi connectivity index (χ3n) is 3.73. The van der Waals surface area contributed by atoms with Gasteiger partial charge >= 0.3 is 0 Å². The summed E-state index contributed by atoms with van der Waals surface area (Å²) in [7, 11) is 0. The minimum atomic E-state index is -0.111. The van der Waals surface area contributed by atoms with Crippen molar-refractivity contribution in [1.29, 1.82) is 0 Å². The van der Waals surface area contributed by atoms with Crippen LogP contribution >= 0.6 is 34.8 Å². The lowest BCUT2D eigenvalue weighted by Gasteiger charge is -2.10. The van der Waals surface area contributed by atoms with Crippen LogP contribution in [0.15, 0.2) is 60.7 Å². The molecule has 0 aliphatic rings. The third-order valence-corrected chi connectivity index (χ3v) is 4.54. The van der Waals surface area contributed by atoms with Crippen LogP contribution in [0.4, 0.5) is 5.69 Å². The van der Waals surface area contributed by atoms with Gasteiger partial charge in [0.1, 0.15) is 12.4 Å². The minimum Gasteiger partial charge on any atom is -0.505 e. The highest BCUT2D eigenvalue weighted by Crippen LogP contribution is 2.34. The second kappa shape index (κ2) is 8.54. The maximum Gasteiger partial charge on any atom is 0.152 e. The van der Waals surface area contributed by atoms with E-state index in [4.69, 9.17) is 39.5 Å². The van der Waals surface area contributed by atoms with Crippen molar-refractivity contribution in [3.8, 4) is 11.5 Å². The Morgan fingerprint density at radius 3 is 2.19 bits per heavy atom. The summed E-state index contributed by atoms with van der Waals surface area (Å²) in [6.45, 7) is 1.05. The van der Waals surface area contributed by atoms with E-state index in [1.165, 1.54) is 0 Å². The number of aromatic hydroxyl groups is 1. The maximum absolute atomic E-state index is 9.58. The largest absolute Gasteiger partial charge is 0.505 e. The molecule has 2 N–H and O–H groups in total. The SMILES string of the molecule is Oc1c(Cl)cc(NCc2ccc(OCc3cccc(Cl)c3)cc2)cc1Cl. The third kappa shape index (κ3) is 4.98. The molecule has 0 spiro atoms. The number of rotatable bonds is 6. The Bertz CT molecular complexity index is 875. The Balaban J connectivity index is 1.56. The van der Waals surface area contributed by atoms with E-state index in [1.54, 1.807) is 12.1 Å². The van der Waals surface area contributed by atoms with E-state index in [9.17, 15) is 5.11 Å². The fourth-order valence-corrected chi connectivity index (χ4v) is 3.07. The van der Waals surface area contributed by atoms with Gasteiger partial charge in [0.05, 0.1) is 10.0 Å². The number of nitrogens with one attached hydrogen (secondary N) is 1. The van der Waals surface area contributed by atoms with Crippen molar-refractivity contribution < 1.29 is 9.84 Å². The molecule has 3 aromatic carbocycles. The molecule has 134 valence electrons. The average Bonchev–Trinajstić information content (AvgIpc) is 2.63. The van der Waals surface area contributed by atoms with Crippen molar-refractivity contribution in [3.63, 3.8) is 0 Å². The number of halogens is 3. The smallest absolute Gasteiger partial charge is 0.152 e. The predicted molar refractivity (Wildman–Crippen MR) is 108 cm³/mol. The van der Waals surface area contributed by atoms with E-state index in [2.05, 4.69) is 5.32 Å². The van der Waals surface area contributed by atoms with Crippen molar-refractivity contribution in [2.75, 3.05) is 5.32 Å². The van der Waals surface area contributed by atoms with Gasteiger partial charge in [-0.05, 0) is 47.5 Å². The lowest BCUT2D eigenvalue weighted by atomic mass is 10.2. The number of phenolic OH excluding ortho intramolecular Hbond substituents is 1. The summed E-state index contributed by atoms with van der Waals surface area (Å²) in [5, 5.41) is 13.9. The molecule has 0 aliphatic heterocycles. The molecule has 0 aliphatic carbocycles. The lowest BCUT2D eigenvalue weighted by Crippen LogP contribution is -2.00. The summed E-state index contributed by atoms with van der Waals surface area (Å²) in [6, 6.07) is 18.6. The molecule has 26 heavy (non-hydrogen) atoms. The van der Waals surface area contributed by atoms with Gasteiger partial charge in [-0.2, -0.15) is 0 Å². The molecule has 3 aromatic rings. The fraction of sp³-hybridized carbons (Fsp3) is 0.100. The van der Waals surface area contributed by atoms with E-state index in [-0.39, 0.29) is 15.8 Å². The van der Waals surface area contributed by atoms with Gasteiger partial charge in [0.25, 0.3) is 0 Å². The van der Waals surface area contributed by atoms with E-state index >= 15 is 0 Å². The number of hydrogen-bond acceptors (Lipinski definition) is 3. The van der Waals surface area contributed by atoms with E-state index in [0.717, 1.165) is 22.6 Å². The zero-order valence-corrected chi connectivity index (χ0v) is 15.9. The van der Waals surface area contributed by atoms with Gasteiger partial charge < -0.3 is 15.2 Å². The zero-order chi connectivity index (χ0) is 18.5. The Morgan fingerprint density at radius 2 is 1.54 bits per heavy atom. The quantitative estimate of drug-likeness (QED) is 0.455. The second-order valence-corrected chi connectivity index (χ2v) is 6.96. The van der Waals surface area contributed by atoms with Crippen molar-refractivity contribution in [3.05, 3.63) is 86.9 Å². The van der Waals surface area contributed by atoms with Gasteiger partial charge in [-0.3, -0.25) is 0 Å². The number of benzene rings is 3. The maximum atomic E-state index is 9.58. The summed E-state index contributed by atoms with van der Waals surface area (Å²) in [5.74, 6) is 0.671. The molecule has 3 rings (SSSR count). The highest BCUT2D eigenvalue weighted by Gasteiger charge is 2.06. The Kier molecular flexibility index (Phi) is 6.15. The Labute approximate surface area is 167 Å². The van der Waals surface area contributed by atoms with Crippen LogP contribution in [0.5, 0.6) is 11.5 Å². The fourth-order valence-electron chi connectivity index (χ4n) is 2.37. The monoisotopic (exact) mass is 407 g/mol. The number of phenols is 1. The van der Waals surface area contributed by atoms with Gasteiger partial charge in [-0.25, -0.2) is 0 Å². The summed E-state index contributed by atoms with van der Waals surface area (Å²) >= 11 is 17.8. The van der Waals surface area contributed by atoms with Crippen LogP contribution in [-0.2, 0) is 13.2 Å². The van der Waals surface area contributed by atoms with Crippen molar-refractivity contribution in [1.82, 2.24) is 0 Å². The van der Waals surface area contributed by atoms with Crippen LogP contribution in [0, 0.1) is 0 Å². The van der Waals surface area contributed by atoms with Gasteiger partial charge in [0.2, 0.25) is 0 Å². The summed E-state index contributed by atoms with van der Waals surface area (Å²) in [6.07, 6.45) is 0. The number of anilines is 1. The molecule has 0 unspecified atom stereocenters. The standard InChI is InChI=1S/C20H16Cl3NO2/c21-15-3-1-2-14(8-15)12-26-17-6-4-13(5-7-17)11-24-16-9-18(22)20(25)19(23)10-16/h1-10,24-25H,11-12H2. The van der Waals surface area contributed by atoms with Crippen LogP contribution < -0.4 is 10.1 Å². The highest BCUT2D eigenvalue weighted by atomic mass is 35.5. The van der Waals surface area contributed by atoms with Crippen LogP contribution in [-0.4, -0.2) is 5.11 Å². The Morgan fingerprint density at radius 1 is 0.846 bits per heavy atom. The summed E-state index contributed by atoms with van der Waals surface area (Å²) in [4.78, 5) is 0. The van der Waals surface area contributed by atoms with Crippen LogP contribution in [0.1, 0.15) is 11.1 Å². The first-order chi connectivity index (χ1) is 12.5. The molecule has 0 saturated carbocycles. The van der Waals surface area contributed by atoms with Crippen molar-refractivity contribution in [2.45, 2.75) is 13.2 Å². The molecule has 0 heterocycles. The summed E-state index contributed by atoms with van der Waals surface area (Å²) < 4.78 is 5.77. The molecular formula is C20H16Cl3NO2. The molecular weight excluding hydrogens is 393 g/mol. The number of hydrogen-bond donors (Lipinski definition) is 2. The van der Waals surface area contributed by atoms with Gasteiger partial charge in [0.15, 0.2) is 5.75 Å². The molecule has 6 heteroatoms. The van der Waals surface area contributed by atoms with E-state index in [1.807, 2.05) is 48.5 Å². The zero-order valence-electron chi connectivity index (χ0n) is 13.7. The molecule has 0 aromatic heterocycles. The molecule has 3 nitrogen and oxygen atoms in total. The van der Waals surface area contributed by atoms with Crippen molar-refractivity contribution in [2.24, 2.45) is 0 Å². The summed E-state index contributed by atoms with van der Waals surface area (Å²) in [5.41, 5.74) is 2.82. The van der Waals surface area contributed by atoms with Gasteiger partial charge in [0, 0.05) is 17.3 Å².